The van der Waals surface area contributed by atoms with Gasteiger partial charge < -0.3 is 14.5 Å². The van der Waals surface area contributed by atoms with Gasteiger partial charge in [0, 0.05) is 12.6 Å². The van der Waals surface area contributed by atoms with Gasteiger partial charge in [0.05, 0.1) is 23.4 Å². The Morgan fingerprint density at radius 1 is 1.06 bits per heavy atom. The second-order valence-electron chi connectivity index (χ2n) is 7.32. The van der Waals surface area contributed by atoms with Crippen molar-refractivity contribution in [2.24, 2.45) is 0 Å². The highest BCUT2D eigenvalue weighted by atomic mass is 32.2. The number of nitrogens with zero attached hydrogens (tertiary/aromatic N) is 1. The number of fused-ring (bicyclic) bond motifs is 1. The van der Waals surface area contributed by atoms with E-state index in [1.165, 1.54) is 34.9 Å². The number of carbonyl (C=O) groups is 2. The number of sulfonamides is 1. The smallest absolute Gasteiger partial charge is 0.331 e. The first-order valence-corrected chi connectivity index (χ1v) is 11.7. The summed E-state index contributed by atoms with van der Waals surface area (Å²) in [4.78, 5) is 23.8. The van der Waals surface area contributed by atoms with Gasteiger partial charge in [-0.3, -0.25) is 9.10 Å². The summed E-state index contributed by atoms with van der Waals surface area (Å²) in [5.74, 6) is -0.548. The van der Waals surface area contributed by atoms with E-state index in [0.717, 1.165) is 5.56 Å². The van der Waals surface area contributed by atoms with Crippen LogP contribution in [-0.2, 0) is 37.3 Å². The third-order valence-corrected chi connectivity index (χ3v) is 6.94. The second kappa shape index (κ2) is 9.74. The maximum Gasteiger partial charge on any atom is 0.331 e. The summed E-state index contributed by atoms with van der Waals surface area (Å²) in [6.45, 7) is 0.195. The minimum absolute atomic E-state index is 0.173. The summed E-state index contributed by atoms with van der Waals surface area (Å²) in [6, 6.07) is 17.1. The fourth-order valence-electron chi connectivity index (χ4n) is 3.43. The standard InChI is InChI=1S/C24H22N2O6S/c27-23(25-16-20-5-3-15-31-20)17-32-24(28)12-9-18-7-10-21(11-8-18)33(29,30)26-14-13-19-4-1-2-6-22(19)26/h1-12,15H,13-14,16-17H2,(H,25,27)/b12-9+. The molecule has 2 heterocycles. The Morgan fingerprint density at radius 2 is 1.85 bits per heavy atom. The number of anilines is 1. The van der Waals surface area contributed by atoms with Crippen molar-refractivity contribution in [2.45, 2.75) is 17.9 Å². The summed E-state index contributed by atoms with van der Waals surface area (Å²) >= 11 is 0. The van der Waals surface area contributed by atoms with Gasteiger partial charge >= 0.3 is 5.97 Å². The number of hydrogen-bond acceptors (Lipinski definition) is 6. The molecule has 1 N–H and O–H groups in total. The van der Waals surface area contributed by atoms with Gasteiger partial charge in [-0.25, -0.2) is 13.2 Å². The monoisotopic (exact) mass is 466 g/mol. The lowest BCUT2D eigenvalue weighted by Crippen LogP contribution is -2.29. The first kappa shape index (κ1) is 22.3. The predicted molar refractivity (Wildman–Crippen MR) is 122 cm³/mol. The van der Waals surface area contributed by atoms with Crippen molar-refractivity contribution in [2.75, 3.05) is 17.5 Å². The molecule has 0 atom stereocenters. The molecule has 0 bridgehead atoms. The van der Waals surface area contributed by atoms with Crippen LogP contribution in [0.1, 0.15) is 16.9 Å². The fraction of sp³-hybridized carbons (Fsp3) is 0.167. The van der Waals surface area contributed by atoms with E-state index < -0.39 is 28.5 Å². The van der Waals surface area contributed by atoms with Gasteiger partial charge in [0.1, 0.15) is 5.76 Å². The number of para-hydroxylation sites is 1. The Labute approximate surface area is 191 Å². The molecule has 170 valence electrons. The van der Waals surface area contributed by atoms with Gasteiger partial charge in [-0.05, 0) is 54.0 Å². The Balaban J connectivity index is 1.31. The van der Waals surface area contributed by atoms with Gasteiger partial charge in [0.15, 0.2) is 6.61 Å². The zero-order chi connectivity index (χ0) is 23.3. The van der Waals surface area contributed by atoms with Crippen LogP contribution in [0.2, 0.25) is 0 Å². The molecule has 0 saturated carbocycles. The average Bonchev–Trinajstić information content (AvgIpc) is 3.50. The lowest BCUT2D eigenvalue weighted by atomic mass is 10.2. The van der Waals surface area contributed by atoms with Crippen LogP contribution >= 0.6 is 0 Å². The highest BCUT2D eigenvalue weighted by molar-refractivity contribution is 7.92. The molecule has 1 aliphatic heterocycles. The highest BCUT2D eigenvalue weighted by Crippen LogP contribution is 2.32. The lowest BCUT2D eigenvalue weighted by molar-refractivity contribution is -0.143. The quantitative estimate of drug-likeness (QED) is 0.404. The molecule has 1 aromatic heterocycles. The van der Waals surface area contributed by atoms with Crippen molar-refractivity contribution in [3.05, 3.63) is 89.9 Å². The molecule has 1 aliphatic rings. The van der Waals surface area contributed by atoms with Crippen LogP contribution in [0.5, 0.6) is 0 Å². The van der Waals surface area contributed by atoms with Gasteiger partial charge in [0.25, 0.3) is 15.9 Å². The lowest BCUT2D eigenvalue weighted by Gasteiger charge is -2.19. The number of furan rings is 1. The normalized spacial score (nSPS) is 13.2. The van der Waals surface area contributed by atoms with Gasteiger partial charge in [-0.2, -0.15) is 0 Å². The van der Waals surface area contributed by atoms with Crippen LogP contribution in [0.25, 0.3) is 6.08 Å². The van der Waals surface area contributed by atoms with E-state index in [1.807, 2.05) is 18.2 Å². The number of benzene rings is 2. The zero-order valence-corrected chi connectivity index (χ0v) is 18.5. The minimum Gasteiger partial charge on any atom is -0.467 e. The van der Waals surface area contributed by atoms with Crippen molar-refractivity contribution < 1.29 is 27.2 Å². The molecule has 1 amide bonds. The van der Waals surface area contributed by atoms with Crippen LogP contribution in [-0.4, -0.2) is 33.4 Å². The molecule has 9 heteroatoms. The van der Waals surface area contributed by atoms with Crippen molar-refractivity contribution in [1.82, 2.24) is 5.32 Å². The molecule has 0 saturated heterocycles. The van der Waals surface area contributed by atoms with Crippen molar-refractivity contribution >= 4 is 33.7 Å². The molecular weight excluding hydrogens is 444 g/mol. The van der Waals surface area contributed by atoms with Crippen molar-refractivity contribution in [3.63, 3.8) is 0 Å². The van der Waals surface area contributed by atoms with Gasteiger partial charge in [-0.1, -0.05) is 30.3 Å². The minimum atomic E-state index is -3.67. The first-order valence-electron chi connectivity index (χ1n) is 10.3. The predicted octanol–water partition coefficient (Wildman–Crippen LogP) is 2.90. The van der Waals surface area contributed by atoms with E-state index in [-0.39, 0.29) is 11.4 Å². The second-order valence-corrected chi connectivity index (χ2v) is 9.18. The van der Waals surface area contributed by atoms with Crippen LogP contribution in [0.4, 0.5) is 5.69 Å². The van der Waals surface area contributed by atoms with E-state index in [9.17, 15) is 18.0 Å². The largest absolute Gasteiger partial charge is 0.467 e. The molecule has 0 aliphatic carbocycles. The summed E-state index contributed by atoms with van der Waals surface area (Å²) < 4.78 is 37.5. The van der Waals surface area contributed by atoms with E-state index in [2.05, 4.69) is 5.32 Å². The molecule has 3 aromatic rings. The molecule has 4 rings (SSSR count). The zero-order valence-electron chi connectivity index (χ0n) is 17.6. The molecule has 0 spiro atoms. The van der Waals surface area contributed by atoms with E-state index in [1.54, 1.807) is 30.3 Å². The SMILES string of the molecule is O=C(COC(=O)/C=C/c1ccc(S(=O)(=O)N2CCc3ccccc32)cc1)NCc1ccco1. The molecule has 0 radical (unpaired) electrons. The van der Waals surface area contributed by atoms with E-state index >= 15 is 0 Å². The summed E-state index contributed by atoms with van der Waals surface area (Å²) in [5.41, 5.74) is 2.33. The topological polar surface area (TPSA) is 106 Å². The van der Waals surface area contributed by atoms with Gasteiger partial charge in [0.2, 0.25) is 0 Å². The molecule has 33 heavy (non-hydrogen) atoms. The molecule has 0 fully saturated rings. The molecule has 8 nitrogen and oxygen atoms in total. The van der Waals surface area contributed by atoms with Crippen molar-refractivity contribution in [1.29, 1.82) is 0 Å². The van der Waals surface area contributed by atoms with Crippen LogP contribution in [0, 0.1) is 0 Å². The highest BCUT2D eigenvalue weighted by Gasteiger charge is 2.30. The van der Waals surface area contributed by atoms with E-state index in [0.29, 0.717) is 30.0 Å². The van der Waals surface area contributed by atoms with Crippen molar-refractivity contribution in [3.8, 4) is 0 Å². The summed E-state index contributed by atoms with van der Waals surface area (Å²) in [6.07, 6.45) is 4.85. The van der Waals surface area contributed by atoms with E-state index in [4.69, 9.17) is 9.15 Å². The molecule has 0 unspecified atom stereocenters. The Kier molecular flexibility index (Phi) is 6.60. The number of hydrogen-bond donors (Lipinski definition) is 1. The summed E-state index contributed by atoms with van der Waals surface area (Å²) in [7, 11) is -3.67. The first-order chi connectivity index (χ1) is 15.9. The van der Waals surface area contributed by atoms with Gasteiger partial charge in [-0.15, -0.1) is 0 Å². The Morgan fingerprint density at radius 3 is 2.61 bits per heavy atom. The molecular formula is C24H22N2O6S. The third kappa shape index (κ3) is 5.32. The average molecular weight is 467 g/mol. The fourth-order valence-corrected chi connectivity index (χ4v) is 4.94. The number of amides is 1. The maximum atomic E-state index is 13.0. The van der Waals surface area contributed by atoms with Crippen LogP contribution < -0.4 is 9.62 Å². The number of nitrogens with one attached hydrogen (secondary N) is 1. The molecule has 2 aromatic carbocycles. The third-order valence-electron chi connectivity index (χ3n) is 5.11. The van der Waals surface area contributed by atoms with Crippen LogP contribution in [0.15, 0.2) is 82.3 Å². The number of ether oxygens (including phenoxy) is 1. The Hall–Kier alpha value is -3.85. The summed E-state index contributed by atoms with van der Waals surface area (Å²) in [5, 5.41) is 2.57. The number of rotatable bonds is 8. The van der Waals surface area contributed by atoms with Crippen LogP contribution in [0.3, 0.4) is 0 Å². The Bertz CT molecular complexity index is 1260. The maximum absolute atomic E-state index is 13.0. The number of esters is 1. The number of carbonyl (C=O) groups excluding carboxylic acids is 2.